The Labute approximate surface area is 75.2 Å². The lowest BCUT2D eigenvalue weighted by molar-refractivity contribution is 0.422. The van der Waals surface area contributed by atoms with Crippen LogP contribution >= 0.6 is 0 Å². The minimum atomic E-state index is -3.20. The van der Waals surface area contributed by atoms with Crippen LogP contribution in [-0.4, -0.2) is 24.8 Å². The first-order valence-corrected chi connectivity index (χ1v) is 5.39. The Kier molecular flexibility index (Phi) is 2.52. The van der Waals surface area contributed by atoms with Gasteiger partial charge in [0.05, 0.1) is 0 Å². The van der Waals surface area contributed by atoms with Gasteiger partial charge in [-0.15, -0.1) is 0 Å². The Morgan fingerprint density at radius 2 is 2.23 bits per heavy atom. The van der Waals surface area contributed by atoms with Gasteiger partial charge in [0.1, 0.15) is 5.25 Å². The summed E-state index contributed by atoms with van der Waals surface area (Å²) in [4.78, 5) is 3.70. The maximum absolute atomic E-state index is 11.1. The number of hydrazine groups is 1. The molecule has 0 saturated heterocycles. The van der Waals surface area contributed by atoms with E-state index in [2.05, 4.69) is 20.1 Å². The Balaban J connectivity index is 2.96. The average molecular weight is 206 g/mol. The molecule has 0 bridgehead atoms. The van der Waals surface area contributed by atoms with Gasteiger partial charge in [0.15, 0.2) is 15.7 Å². The lowest BCUT2D eigenvalue weighted by atomic mass is 10.5. The van der Waals surface area contributed by atoms with Crippen LogP contribution < -0.4 is 11.3 Å². The molecule has 0 saturated carbocycles. The van der Waals surface area contributed by atoms with Crippen molar-refractivity contribution < 1.29 is 12.9 Å². The highest BCUT2D eigenvalue weighted by atomic mass is 32.2. The summed E-state index contributed by atoms with van der Waals surface area (Å²) in [6.45, 7) is 1.47. The van der Waals surface area contributed by atoms with E-state index >= 15 is 0 Å². The number of rotatable bonds is 3. The molecule has 1 aromatic heterocycles. The summed E-state index contributed by atoms with van der Waals surface area (Å²) < 4.78 is 26.7. The predicted molar refractivity (Wildman–Crippen MR) is 45.4 cm³/mol. The Bertz CT molecular complexity index is 384. The molecule has 0 aromatic carbocycles. The first-order chi connectivity index (χ1) is 5.95. The number of hydrogen-bond donors (Lipinski definition) is 2. The third-order valence-electron chi connectivity index (χ3n) is 1.57. The van der Waals surface area contributed by atoms with E-state index in [0.717, 1.165) is 6.26 Å². The molecule has 8 heteroatoms. The minimum Gasteiger partial charge on any atom is -0.314 e. The van der Waals surface area contributed by atoms with Crippen molar-refractivity contribution in [3.05, 3.63) is 5.82 Å². The molecule has 1 unspecified atom stereocenters. The molecule has 0 radical (unpaired) electrons. The number of nitrogens with one attached hydrogen (secondary N) is 1. The molecule has 1 rings (SSSR count). The van der Waals surface area contributed by atoms with Crippen LogP contribution in [0.1, 0.15) is 18.0 Å². The van der Waals surface area contributed by atoms with Gasteiger partial charge in [0.25, 0.3) is 0 Å². The van der Waals surface area contributed by atoms with E-state index in [4.69, 9.17) is 5.84 Å². The summed E-state index contributed by atoms with van der Waals surface area (Å²) in [5.41, 5.74) is 2.12. The quantitative estimate of drug-likeness (QED) is 0.504. The summed E-state index contributed by atoms with van der Waals surface area (Å²) in [7, 11) is -3.20. The van der Waals surface area contributed by atoms with Gasteiger partial charge in [-0.25, -0.2) is 14.3 Å². The van der Waals surface area contributed by atoms with Gasteiger partial charge in [0.2, 0.25) is 0 Å². The van der Waals surface area contributed by atoms with Crippen molar-refractivity contribution in [2.45, 2.75) is 12.2 Å². The molecule has 0 aliphatic rings. The molecular formula is C5H10N4O3S. The molecule has 3 N–H and O–H groups in total. The maximum Gasteiger partial charge on any atom is 0.335 e. The van der Waals surface area contributed by atoms with Crippen LogP contribution in [0.2, 0.25) is 0 Å². The van der Waals surface area contributed by atoms with E-state index in [0.29, 0.717) is 0 Å². The average Bonchev–Trinajstić information content (AvgIpc) is 2.48. The topological polar surface area (TPSA) is 111 Å². The summed E-state index contributed by atoms with van der Waals surface area (Å²) in [5, 5.41) is 2.65. The fraction of sp³-hybridized carbons (Fsp3) is 0.600. The van der Waals surface area contributed by atoms with E-state index in [1.807, 2.05) is 0 Å². The fourth-order valence-corrected chi connectivity index (χ4v) is 1.13. The van der Waals surface area contributed by atoms with E-state index in [9.17, 15) is 8.42 Å². The maximum atomic E-state index is 11.1. The summed E-state index contributed by atoms with van der Waals surface area (Å²) in [6, 6.07) is -0.00880. The zero-order valence-corrected chi connectivity index (χ0v) is 8.00. The first kappa shape index (κ1) is 9.93. The van der Waals surface area contributed by atoms with E-state index in [1.54, 1.807) is 0 Å². The molecule has 0 aliphatic carbocycles. The molecule has 0 spiro atoms. The van der Waals surface area contributed by atoms with E-state index < -0.39 is 15.1 Å². The highest BCUT2D eigenvalue weighted by Gasteiger charge is 2.22. The Morgan fingerprint density at radius 1 is 1.62 bits per heavy atom. The molecular weight excluding hydrogens is 196 g/mol. The van der Waals surface area contributed by atoms with Gasteiger partial charge in [0, 0.05) is 6.26 Å². The smallest absolute Gasteiger partial charge is 0.314 e. The number of hydrogen-bond acceptors (Lipinski definition) is 7. The number of anilines is 1. The summed E-state index contributed by atoms with van der Waals surface area (Å²) >= 11 is 0. The highest BCUT2D eigenvalue weighted by Crippen LogP contribution is 2.18. The van der Waals surface area contributed by atoms with Crippen molar-refractivity contribution in [3.8, 4) is 0 Å². The normalized spacial score (nSPS) is 14.1. The summed E-state index contributed by atoms with van der Waals surface area (Å²) in [6.07, 6.45) is 1.10. The highest BCUT2D eigenvalue weighted by molar-refractivity contribution is 7.90. The molecule has 74 valence electrons. The van der Waals surface area contributed by atoms with Crippen molar-refractivity contribution in [2.24, 2.45) is 5.84 Å². The van der Waals surface area contributed by atoms with E-state index in [1.165, 1.54) is 6.92 Å². The lowest BCUT2D eigenvalue weighted by Crippen LogP contribution is -2.10. The number of sulfone groups is 1. The third kappa shape index (κ3) is 2.16. The van der Waals surface area contributed by atoms with Crippen molar-refractivity contribution in [1.82, 2.24) is 10.1 Å². The fourth-order valence-electron chi connectivity index (χ4n) is 0.650. The number of nitrogen functional groups attached to an aromatic ring is 1. The van der Waals surface area contributed by atoms with Crippen molar-refractivity contribution >= 4 is 15.9 Å². The number of nitrogens with two attached hydrogens (primary N) is 1. The van der Waals surface area contributed by atoms with Crippen LogP contribution in [-0.2, 0) is 9.84 Å². The second kappa shape index (κ2) is 3.30. The second-order valence-electron chi connectivity index (χ2n) is 2.57. The van der Waals surface area contributed by atoms with Crippen LogP contribution in [0, 0.1) is 0 Å². The minimum absolute atomic E-state index is 0.00880. The molecule has 1 aromatic rings. The van der Waals surface area contributed by atoms with Gasteiger partial charge >= 0.3 is 6.01 Å². The SMILES string of the molecule is CC(c1noc(NN)n1)S(C)(=O)=O. The lowest BCUT2D eigenvalue weighted by Gasteiger charge is -2.01. The molecule has 1 heterocycles. The monoisotopic (exact) mass is 206 g/mol. The van der Waals surface area contributed by atoms with E-state index in [-0.39, 0.29) is 11.8 Å². The van der Waals surface area contributed by atoms with Gasteiger partial charge in [-0.1, -0.05) is 5.16 Å². The van der Waals surface area contributed by atoms with Crippen LogP contribution in [0.3, 0.4) is 0 Å². The third-order valence-corrected chi connectivity index (χ3v) is 3.07. The van der Waals surface area contributed by atoms with Crippen molar-refractivity contribution in [3.63, 3.8) is 0 Å². The van der Waals surface area contributed by atoms with Crippen molar-refractivity contribution in [2.75, 3.05) is 11.7 Å². The molecule has 13 heavy (non-hydrogen) atoms. The van der Waals surface area contributed by atoms with Crippen LogP contribution in [0.5, 0.6) is 0 Å². The van der Waals surface area contributed by atoms with Crippen LogP contribution in [0.25, 0.3) is 0 Å². The van der Waals surface area contributed by atoms with Gasteiger partial charge in [-0.3, -0.25) is 5.43 Å². The van der Waals surface area contributed by atoms with Gasteiger partial charge in [-0.2, -0.15) is 4.98 Å². The number of aromatic nitrogens is 2. The molecule has 1 atom stereocenters. The Morgan fingerprint density at radius 3 is 2.62 bits per heavy atom. The van der Waals surface area contributed by atoms with Gasteiger partial charge < -0.3 is 4.52 Å². The molecule has 0 aliphatic heterocycles. The van der Waals surface area contributed by atoms with Gasteiger partial charge in [-0.05, 0) is 6.92 Å². The summed E-state index contributed by atoms with van der Waals surface area (Å²) in [5.74, 6) is 5.07. The molecule has 7 nitrogen and oxygen atoms in total. The first-order valence-electron chi connectivity index (χ1n) is 3.44. The molecule has 0 fully saturated rings. The standard InChI is InChI=1S/C5H10N4O3S/c1-3(13(2,10)11)4-7-5(8-6)12-9-4/h3H,6H2,1-2H3,(H,7,8,9). The predicted octanol–water partition coefficient (Wildman–Crippen LogP) is -0.539. The Hall–Kier alpha value is -1.15. The molecule has 0 amide bonds. The largest absolute Gasteiger partial charge is 0.335 e. The zero-order valence-electron chi connectivity index (χ0n) is 7.18. The number of nitrogens with zero attached hydrogens (tertiary/aromatic N) is 2. The zero-order chi connectivity index (χ0) is 10.1. The van der Waals surface area contributed by atoms with Crippen molar-refractivity contribution in [1.29, 1.82) is 0 Å². The second-order valence-corrected chi connectivity index (χ2v) is 4.94. The van der Waals surface area contributed by atoms with Crippen LogP contribution in [0.15, 0.2) is 4.52 Å². The van der Waals surface area contributed by atoms with Crippen LogP contribution in [0.4, 0.5) is 6.01 Å².